The molecule has 0 saturated carbocycles. The van der Waals surface area contributed by atoms with E-state index in [1.54, 1.807) is 0 Å². The maximum atomic E-state index is 11.9. The predicted octanol–water partition coefficient (Wildman–Crippen LogP) is -0.220. The van der Waals surface area contributed by atoms with Crippen molar-refractivity contribution < 1.29 is 13.2 Å². The van der Waals surface area contributed by atoms with Gasteiger partial charge in [-0.2, -0.15) is 0 Å². The highest BCUT2D eigenvalue weighted by Gasteiger charge is 2.15. The van der Waals surface area contributed by atoms with Crippen molar-refractivity contribution in [1.29, 1.82) is 0 Å². The van der Waals surface area contributed by atoms with Crippen molar-refractivity contribution in [2.24, 2.45) is 0 Å². The molecule has 1 amide bonds. The largest absolute Gasteiger partial charge is 0.398 e. The summed E-state index contributed by atoms with van der Waals surface area (Å²) in [5.41, 5.74) is 6.25. The average molecular weight is 257 g/mol. The number of rotatable bonds is 4. The molecule has 0 aliphatic heterocycles. The number of nitrogens with zero attached hydrogens (tertiary/aromatic N) is 2. The fourth-order valence-corrected chi connectivity index (χ4v) is 1.80. The van der Waals surface area contributed by atoms with Gasteiger partial charge in [-0.05, 0) is 6.07 Å². The summed E-state index contributed by atoms with van der Waals surface area (Å²) in [4.78, 5) is 17.0. The minimum absolute atomic E-state index is 0.0740. The summed E-state index contributed by atoms with van der Waals surface area (Å²) in [5.74, 6) is -0.408. The molecule has 17 heavy (non-hydrogen) atoms. The van der Waals surface area contributed by atoms with E-state index in [4.69, 9.17) is 5.73 Å². The first-order valence-electron chi connectivity index (χ1n) is 4.94. The Labute approximate surface area is 100 Å². The molecule has 6 nitrogen and oxygen atoms in total. The Morgan fingerprint density at radius 3 is 2.71 bits per heavy atom. The van der Waals surface area contributed by atoms with Crippen LogP contribution < -0.4 is 5.73 Å². The number of carbonyl (C=O) groups is 1. The van der Waals surface area contributed by atoms with E-state index in [2.05, 4.69) is 4.98 Å². The van der Waals surface area contributed by atoms with Gasteiger partial charge in [0.25, 0.3) is 5.91 Å². The number of carbonyl (C=O) groups excluding carboxylic acids is 1. The topological polar surface area (TPSA) is 93.4 Å². The highest BCUT2D eigenvalue weighted by molar-refractivity contribution is 7.90. The highest BCUT2D eigenvalue weighted by atomic mass is 32.2. The van der Waals surface area contributed by atoms with E-state index < -0.39 is 9.84 Å². The number of nitrogens with two attached hydrogens (primary N) is 1. The predicted molar refractivity (Wildman–Crippen MR) is 65.3 cm³/mol. The van der Waals surface area contributed by atoms with Crippen molar-refractivity contribution in [3.05, 3.63) is 24.0 Å². The molecule has 0 aliphatic rings. The molecule has 1 aromatic heterocycles. The fourth-order valence-electron chi connectivity index (χ4n) is 1.19. The van der Waals surface area contributed by atoms with Crippen molar-refractivity contribution >= 4 is 21.4 Å². The Bertz CT molecular complexity index is 513. The Balaban J connectivity index is 2.74. The Hall–Kier alpha value is -1.63. The number of aromatic nitrogens is 1. The average Bonchev–Trinajstić information content (AvgIpc) is 2.24. The van der Waals surface area contributed by atoms with Crippen LogP contribution in [0.25, 0.3) is 0 Å². The fraction of sp³-hybridized carbons (Fsp3) is 0.400. The number of sulfone groups is 1. The van der Waals surface area contributed by atoms with E-state index in [9.17, 15) is 13.2 Å². The zero-order valence-corrected chi connectivity index (χ0v) is 10.6. The Morgan fingerprint density at radius 2 is 2.18 bits per heavy atom. The van der Waals surface area contributed by atoms with Crippen LogP contribution in [0.4, 0.5) is 5.69 Å². The SMILES string of the molecule is CN(CCS(C)(=O)=O)C(=O)c1cnccc1N. The van der Waals surface area contributed by atoms with Gasteiger partial charge in [0.05, 0.1) is 11.3 Å². The minimum Gasteiger partial charge on any atom is -0.398 e. The molecule has 0 unspecified atom stereocenters. The summed E-state index contributed by atoms with van der Waals surface area (Å²) in [6.07, 6.45) is 3.99. The number of hydrogen-bond acceptors (Lipinski definition) is 5. The van der Waals surface area contributed by atoms with Crippen LogP contribution in [-0.4, -0.2) is 49.8 Å². The van der Waals surface area contributed by atoms with E-state index in [0.29, 0.717) is 5.69 Å². The third-order valence-corrected chi connectivity index (χ3v) is 3.15. The molecule has 0 radical (unpaired) electrons. The molecule has 1 heterocycles. The van der Waals surface area contributed by atoms with Crippen LogP contribution in [-0.2, 0) is 9.84 Å². The molecule has 1 aromatic rings. The van der Waals surface area contributed by atoms with E-state index in [0.717, 1.165) is 6.26 Å². The van der Waals surface area contributed by atoms with Crippen LogP contribution in [0.5, 0.6) is 0 Å². The van der Waals surface area contributed by atoms with Crippen molar-refractivity contribution in [3.8, 4) is 0 Å². The van der Waals surface area contributed by atoms with E-state index in [1.807, 2.05) is 0 Å². The number of nitrogen functional groups attached to an aromatic ring is 1. The molecule has 0 bridgehead atoms. The van der Waals surface area contributed by atoms with Gasteiger partial charge in [0, 0.05) is 37.9 Å². The van der Waals surface area contributed by atoms with Crippen LogP contribution in [0.3, 0.4) is 0 Å². The normalized spacial score (nSPS) is 11.2. The highest BCUT2D eigenvalue weighted by Crippen LogP contribution is 2.11. The lowest BCUT2D eigenvalue weighted by Crippen LogP contribution is -2.32. The van der Waals surface area contributed by atoms with Gasteiger partial charge in [-0.15, -0.1) is 0 Å². The molecule has 0 aromatic carbocycles. The second kappa shape index (κ2) is 5.13. The van der Waals surface area contributed by atoms with Gasteiger partial charge in [-0.25, -0.2) is 8.42 Å². The van der Waals surface area contributed by atoms with Crippen molar-refractivity contribution in [2.75, 3.05) is 31.3 Å². The molecule has 2 N–H and O–H groups in total. The van der Waals surface area contributed by atoms with Gasteiger partial charge in [-0.3, -0.25) is 9.78 Å². The molecule has 94 valence electrons. The van der Waals surface area contributed by atoms with Gasteiger partial charge in [-0.1, -0.05) is 0 Å². The summed E-state index contributed by atoms with van der Waals surface area (Å²) in [5, 5.41) is 0. The van der Waals surface area contributed by atoms with Gasteiger partial charge in [0.1, 0.15) is 9.84 Å². The summed E-state index contributed by atoms with van der Waals surface area (Å²) in [7, 11) is -1.56. The first-order chi connectivity index (χ1) is 7.81. The zero-order chi connectivity index (χ0) is 13.1. The van der Waals surface area contributed by atoms with E-state index in [-0.39, 0.29) is 23.8 Å². The zero-order valence-electron chi connectivity index (χ0n) is 9.75. The molecular weight excluding hydrogens is 242 g/mol. The van der Waals surface area contributed by atoms with Crippen molar-refractivity contribution in [1.82, 2.24) is 9.88 Å². The Morgan fingerprint density at radius 1 is 1.53 bits per heavy atom. The summed E-state index contributed by atoms with van der Waals surface area (Å²) >= 11 is 0. The first kappa shape index (κ1) is 13.4. The number of pyridine rings is 1. The van der Waals surface area contributed by atoms with E-state index in [1.165, 1.54) is 30.4 Å². The van der Waals surface area contributed by atoms with Gasteiger partial charge >= 0.3 is 0 Å². The van der Waals surface area contributed by atoms with Gasteiger partial charge in [0.2, 0.25) is 0 Å². The molecule has 0 atom stereocenters. The third-order valence-electron chi connectivity index (χ3n) is 2.23. The van der Waals surface area contributed by atoms with Gasteiger partial charge < -0.3 is 10.6 Å². The van der Waals surface area contributed by atoms with Crippen molar-refractivity contribution in [2.45, 2.75) is 0 Å². The number of hydrogen-bond donors (Lipinski definition) is 1. The molecule has 0 saturated heterocycles. The second-order valence-corrected chi connectivity index (χ2v) is 6.08. The smallest absolute Gasteiger partial charge is 0.257 e. The lowest BCUT2D eigenvalue weighted by atomic mass is 10.2. The maximum Gasteiger partial charge on any atom is 0.257 e. The molecule has 1 rings (SSSR count). The molecular formula is C10H15N3O3S. The van der Waals surface area contributed by atoms with Crippen LogP contribution in [0.2, 0.25) is 0 Å². The summed E-state index contributed by atoms with van der Waals surface area (Å²) in [6.45, 7) is 0.131. The maximum absolute atomic E-state index is 11.9. The third kappa shape index (κ3) is 4.03. The standard InChI is InChI=1S/C10H15N3O3S/c1-13(5-6-17(2,15)16)10(14)8-7-12-4-3-9(8)11/h3-4,7H,5-6H2,1-2H3,(H2,11,12). The molecule has 0 aliphatic carbocycles. The van der Waals surface area contributed by atoms with Crippen LogP contribution >= 0.6 is 0 Å². The quantitative estimate of drug-likeness (QED) is 0.805. The number of anilines is 1. The van der Waals surface area contributed by atoms with E-state index >= 15 is 0 Å². The Kier molecular flexibility index (Phi) is 4.06. The number of amides is 1. The summed E-state index contributed by atoms with van der Waals surface area (Å²) in [6, 6.07) is 1.53. The van der Waals surface area contributed by atoms with Gasteiger partial charge in [0.15, 0.2) is 0 Å². The minimum atomic E-state index is -3.09. The molecule has 7 heteroatoms. The first-order valence-corrected chi connectivity index (χ1v) is 7.00. The van der Waals surface area contributed by atoms with Crippen LogP contribution in [0.1, 0.15) is 10.4 Å². The lowest BCUT2D eigenvalue weighted by Gasteiger charge is -2.17. The second-order valence-electron chi connectivity index (χ2n) is 3.82. The van der Waals surface area contributed by atoms with Crippen LogP contribution in [0, 0.1) is 0 Å². The lowest BCUT2D eigenvalue weighted by molar-refractivity contribution is 0.0804. The summed E-state index contributed by atoms with van der Waals surface area (Å²) < 4.78 is 22.0. The van der Waals surface area contributed by atoms with Crippen LogP contribution in [0.15, 0.2) is 18.5 Å². The van der Waals surface area contributed by atoms with Crippen molar-refractivity contribution in [3.63, 3.8) is 0 Å². The molecule has 0 spiro atoms. The monoisotopic (exact) mass is 257 g/mol. The molecule has 0 fully saturated rings.